The number of rotatable bonds is 2. The molecule has 13 heavy (non-hydrogen) atoms. The first-order chi connectivity index (χ1) is 6.33. The summed E-state index contributed by atoms with van der Waals surface area (Å²) in [7, 11) is 0.688. The van der Waals surface area contributed by atoms with Gasteiger partial charge in [-0.15, -0.1) is 11.3 Å². The number of thiophene rings is 1. The second-order valence-electron chi connectivity index (χ2n) is 2.78. The van der Waals surface area contributed by atoms with Crippen molar-refractivity contribution in [1.82, 2.24) is 0 Å². The van der Waals surface area contributed by atoms with Crippen LogP contribution in [0.3, 0.4) is 0 Å². The number of benzene rings is 1. The maximum Gasteiger partial charge on any atom is 0.492 e. The van der Waals surface area contributed by atoms with Gasteiger partial charge < -0.3 is 9.68 Å². The monoisotopic (exact) mass is 192 g/mol. The SMILES string of the molecule is COB(O)c1csc2ccccc12. The molecular weight excluding hydrogens is 183 g/mol. The summed E-state index contributed by atoms with van der Waals surface area (Å²) in [5, 5.41) is 12.5. The first kappa shape index (κ1) is 8.75. The molecule has 0 aliphatic rings. The van der Waals surface area contributed by atoms with Gasteiger partial charge >= 0.3 is 7.12 Å². The van der Waals surface area contributed by atoms with Crippen LogP contribution < -0.4 is 5.46 Å². The Morgan fingerprint density at radius 3 is 2.92 bits per heavy atom. The zero-order valence-corrected chi connectivity index (χ0v) is 8.04. The molecule has 1 heterocycles. The van der Waals surface area contributed by atoms with E-state index in [4.69, 9.17) is 4.65 Å². The molecule has 0 aliphatic heterocycles. The van der Waals surface area contributed by atoms with Crippen molar-refractivity contribution in [3.05, 3.63) is 29.6 Å². The molecule has 0 atom stereocenters. The lowest BCUT2D eigenvalue weighted by Gasteiger charge is -2.00. The van der Waals surface area contributed by atoms with Crippen LogP contribution in [0.25, 0.3) is 10.1 Å². The average Bonchev–Trinajstić information content (AvgIpc) is 2.60. The molecule has 66 valence electrons. The van der Waals surface area contributed by atoms with Crippen LogP contribution in [0.5, 0.6) is 0 Å². The molecule has 0 bridgehead atoms. The minimum Gasteiger partial charge on any atom is -0.423 e. The van der Waals surface area contributed by atoms with Crippen LogP contribution in [0.2, 0.25) is 0 Å². The molecular formula is C9H9BO2S. The molecule has 1 N–H and O–H groups in total. The van der Waals surface area contributed by atoms with Crippen LogP contribution in [0, 0.1) is 0 Å². The predicted octanol–water partition coefficient (Wildman–Crippen LogP) is 1.24. The third kappa shape index (κ3) is 1.48. The van der Waals surface area contributed by atoms with Crippen molar-refractivity contribution in [3.63, 3.8) is 0 Å². The Morgan fingerprint density at radius 1 is 1.38 bits per heavy atom. The molecule has 2 nitrogen and oxygen atoms in total. The van der Waals surface area contributed by atoms with Gasteiger partial charge in [-0.1, -0.05) is 18.2 Å². The second kappa shape index (κ2) is 3.50. The normalized spacial score (nSPS) is 10.6. The molecule has 0 saturated carbocycles. The molecule has 0 spiro atoms. The van der Waals surface area contributed by atoms with Crippen molar-refractivity contribution in [3.8, 4) is 0 Å². The van der Waals surface area contributed by atoms with Gasteiger partial charge in [-0.05, 0) is 16.8 Å². The molecule has 0 unspecified atom stereocenters. The van der Waals surface area contributed by atoms with E-state index in [1.165, 1.54) is 11.8 Å². The van der Waals surface area contributed by atoms with E-state index in [-0.39, 0.29) is 0 Å². The van der Waals surface area contributed by atoms with Crippen molar-refractivity contribution in [2.24, 2.45) is 0 Å². The maximum atomic E-state index is 9.50. The van der Waals surface area contributed by atoms with E-state index in [0.717, 1.165) is 10.8 Å². The molecule has 0 saturated heterocycles. The summed E-state index contributed by atoms with van der Waals surface area (Å²) in [6.45, 7) is 0. The quantitative estimate of drug-likeness (QED) is 0.725. The highest BCUT2D eigenvalue weighted by molar-refractivity contribution is 7.18. The zero-order chi connectivity index (χ0) is 9.26. The second-order valence-corrected chi connectivity index (χ2v) is 3.69. The Morgan fingerprint density at radius 2 is 2.15 bits per heavy atom. The van der Waals surface area contributed by atoms with E-state index in [9.17, 15) is 5.02 Å². The first-order valence-corrected chi connectivity index (χ1v) is 4.88. The van der Waals surface area contributed by atoms with Gasteiger partial charge in [0.15, 0.2) is 0 Å². The summed E-state index contributed by atoms with van der Waals surface area (Å²) in [6, 6.07) is 7.97. The smallest absolute Gasteiger partial charge is 0.423 e. The minimum absolute atomic E-state index is 0.809. The van der Waals surface area contributed by atoms with Crippen LogP contribution in [0.1, 0.15) is 0 Å². The van der Waals surface area contributed by atoms with Crippen molar-refractivity contribution in [2.45, 2.75) is 0 Å². The van der Waals surface area contributed by atoms with Crippen molar-refractivity contribution < 1.29 is 9.68 Å². The maximum absolute atomic E-state index is 9.50. The van der Waals surface area contributed by atoms with Gasteiger partial charge in [-0.3, -0.25) is 0 Å². The standard InChI is InChI=1S/C9H9BO2S/c1-12-10(11)8-6-13-9-5-3-2-4-7(8)9/h2-6,11H,1H3. The topological polar surface area (TPSA) is 29.5 Å². The Kier molecular flexibility index (Phi) is 2.35. The fourth-order valence-corrected chi connectivity index (χ4v) is 2.28. The first-order valence-electron chi connectivity index (χ1n) is 4.00. The molecule has 0 amide bonds. The van der Waals surface area contributed by atoms with Gasteiger partial charge in [0, 0.05) is 17.3 Å². The summed E-state index contributed by atoms with van der Waals surface area (Å²) >= 11 is 1.62. The Labute approximate surface area is 80.9 Å². The van der Waals surface area contributed by atoms with E-state index in [1.54, 1.807) is 11.3 Å². The molecule has 1 aromatic heterocycles. The van der Waals surface area contributed by atoms with Crippen LogP contribution in [-0.2, 0) is 4.65 Å². The van der Waals surface area contributed by atoms with Crippen LogP contribution >= 0.6 is 11.3 Å². The molecule has 0 radical (unpaired) electrons. The summed E-state index contributed by atoms with van der Waals surface area (Å²) in [6.07, 6.45) is 0. The fraction of sp³-hybridized carbons (Fsp3) is 0.111. The van der Waals surface area contributed by atoms with Crippen LogP contribution in [-0.4, -0.2) is 19.3 Å². The molecule has 0 aliphatic carbocycles. The molecule has 0 fully saturated rings. The van der Waals surface area contributed by atoms with Gasteiger partial charge in [0.1, 0.15) is 0 Å². The Balaban J connectivity index is 2.57. The highest BCUT2D eigenvalue weighted by Gasteiger charge is 2.18. The van der Waals surface area contributed by atoms with E-state index in [1.807, 2.05) is 29.6 Å². The number of fused-ring (bicyclic) bond motifs is 1. The summed E-state index contributed by atoms with van der Waals surface area (Å²) in [5.74, 6) is 0. The lowest BCUT2D eigenvalue weighted by molar-refractivity contribution is 0.342. The van der Waals surface area contributed by atoms with E-state index in [2.05, 4.69) is 0 Å². The van der Waals surface area contributed by atoms with Gasteiger partial charge in [0.25, 0.3) is 0 Å². The van der Waals surface area contributed by atoms with Crippen LogP contribution in [0.4, 0.5) is 0 Å². The van der Waals surface area contributed by atoms with Crippen molar-refractivity contribution in [2.75, 3.05) is 7.11 Å². The summed E-state index contributed by atoms with van der Waals surface area (Å²) in [5.41, 5.74) is 0.850. The minimum atomic E-state index is -0.809. The predicted molar refractivity (Wildman–Crippen MR) is 56.4 cm³/mol. The van der Waals surface area contributed by atoms with Crippen molar-refractivity contribution in [1.29, 1.82) is 0 Å². The summed E-state index contributed by atoms with van der Waals surface area (Å²) < 4.78 is 6.04. The third-order valence-electron chi connectivity index (χ3n) is 2.00. The largest absolute Gasteiger partial charge is 0.492 e. The molecule has 1 aromatic carbocycles. The van der Waals surface area contributed by atoms with Gasteiger partial charge in [-0.2, -0.15) is 0 Å². The summed E-state index contributed by atoms with van der Waals surface area (Å²) in [4.78, 5) is 0. The third-order valence-corrected chi connectivity index (χ3v) is 2.98. The van der Waals surface area contributed by atoms with Crippen LogP contribution in [0.15, 0.2) is 29.6 Å². The average molecular weight is 192 g/mol. The molecule has 2 aromatic rings. The Hall–Kier alpha value is -0.835. The van der Waals surface area contributed by atoms with Crippen molar-refractivity contribution >= 4 is 34.0 Å². The fourth-order valence-electron chi connectivity index (χ4n) is 1.32. The molecule has 4 heteroatoms. The zero-order valence-electron chi connectivity index (χ0n) is 7.23. The van der Waals surface area contributed by atoms with Gasteiger partial charge in [-0.25, -0.2) is 0 Å². The molecule has 2 rings (SSSR count). The lowest BCUT2D eigenvalue weighted by atomic mass is 9.80. The van der Waals surface area contributed by atoms with Gasteiger partial charge in [0.05, 0.1) is 0 Å². The van der Waals surface area contributed by atoms with E-state index in [0.29, 0.717) is 0 Å². The Bertz CT molecular complexity index is 413. The van der Waals surface area contributed by atoms with E-state index >= 15 is 0 Å². The van der Waals surface area contributed by atoms with E-state index < -0.39 is 7.12 Å². The van der Waals surface area contributed by atoms with Gasteiger partial charge in [0.2, 0.25) is 0 Å². The highest BCUT2D eigenvalue weighted by Crippen LogP contribution is 2.18. The number of hydrogen-bond donors (Lipinski definition) is 1. The lowest BCUT2D eigenvalue weighted by Crippen LogP contribution is -2.31. The highest BCUT2D eigenvalue weighted by atomic mass is 32.1. The number of hydrogen-bond acceptors (Lipinski definition) is 3.